The number of fused-ring (bicyclic) bond motifs is 1. The number of nitrogens with zero attached hydrogens (tertiary/aromatic N) is 1. The molecule has 0 bridgehead atoms. The minimum absolute atomic E-state index is 0.685. The monoisotopic (exact) mass is 171 g/mol. The number of hydrogen-bond acceptors (Lipinski definition) is 1. The van der Waals surface area contributed by atoms with Gasteiger partial charge in [0.25, 0.3) is 0 Å². The third-order valence-electron chi connectivity index (χ3n) is 3.00. The fraction of sp³-hybridized carbons (Fsp3) is 0.333. The lowest BCUT2D eigenvalue weighted by Crippen LogP contribution is -1.98. The Kier molecular flexibility index (Phi) is 1.39. The van der Waals surface area contributed by atoms with Gasteiger partial charge in [0.05, 0.1) is 6.04 Å². The van der Waals surface area contributed by atoms with Crippen molar-refractivity contribution in [3.05, 3.63) is 47.5 Å². The van der Waals surface area contributed by atoms with Gasteiger partial charge in [-0.2, -0.15) is 0 Å². The lowest BCUT2D eigenvalue weighted by atomic mass is 10.1. The lowest BCUT2D eigenvalue weighted by molar-refractivity contribution is 0.561. The van der Waals surface area contributed by atoms with Crippen LogP contribution in [-0.2, 0) is 0 Å². The molecule has 0 N–H and O–H groups in total. The third kappa shape index (κ3) is 1.04. The van der Waals surface area contributed by atoms with Crippen LogP contribution in [0.15, 0.2) is 42.0 Å². The van der Waals surface area contributed by atoms with Gasteiger partial charge in [0.15, 0.2) is 0 Å². The van der Waals surface area contributed by atoms with E-state index >= 15 is 0 Å². The van der Waals surface area contributed by atoms with Crippen molar-refractivity contribution >= 4 is 0 Å². The average Bonchev–Trinajstić information content (AvgIpc) is 2.66. The molecule has 1 nitrogen and oxygen atoms in total. The van der Waals surface area contributed by atoms with Crippen molar-refractivity contribution in [2.45, 2.75) is 19.0 Å². The largest absolute Gasteiger partial charge is 0.282 e. The smallest absolute Gasteiger partial charge is 0.0549 e. The lowest BCUT2D eigenvalue weighted by Gasteiger charge is -2.02. The zero-order valence-corrected chi connectivity index (χ0v) is 7.77. The van der Waals surface area contributed by atoms with E-state index < -0.39 is 0 Å². The molecule has 0 radical (unpaired) electrons. The van der Waals surface area contributed by atoms with Crippen LogP contribution in [0.4, 0.5) is 0 Å². The van der Waals surface area contributed by atoms with Gasteiger partial charge in [-0.15, -0.1) is 0 Å². The summed E-state index contributed by atoms with van der Waals surface area (Å²) in [6, 6.07) is 12.2. The molecule has 0 spiro atoms. The predicted octanol–water partition coefficient (Wildman–Crippen LogP) is 2.37. The molecule has 3 atom stereocenters. The van der Waals surface area contributed by atoms with Gasteiger partial charge in [-0.3, -0.25) is 4.90 Å². The van der Waals surface area contributed by atoms with E-state index in [0.717, 1.165) is 0 Å². The van der Waals surface area contributed by atoms with Gasteiger partial charge in [-0.05, 0) is 12.5 Å². The molecule has 1 heteroatoms. The molecule has 1 saturated heterocycles. The van der Waals surface area contributed by atoms with Crippen molar-refractivity contribution in [2.75, 3.05) is 6.54 Å². The zero-order chi connectivity index (χ0) is 8.84. The summed E-state index contributed by atoms with van der Waals surface area (Å²) in [5.41, 5.74) is 2.99. The van der Waals surface area contributed by atoms with Crippen molar-refractivity contribution in [2.24, 2.45) is 0 Å². The maximum atomic E-state index is 2.53. The van der Waals surface area contributed by atoms with E-state index in [0.29, 0.717) is 12.1 Å². The molecule has 1 aromatic rings. The van der Waals surface area contributed by atoms with Crippen LogP contribution in [0.3, 0.4) is 0 Å². The molecular weight excluding hydrogens is 158 g/mol. The molecule has 0 aromatic heterocycles. The fourth-order valence-electron chi connectivity index (χ4n) is 2.36. The minimum atomic E-state index is 0.685. The van der Waals surface area contributed by atoms with Crippen LogP contribution in [0.25, 0.3) is 0 Å². The summed E-state index contributed by atoms with van der Waals surface area (Å²) in [6.07, 6.45) is 2.40. The normalized spacial score (nSPS) is 35.5. The van der Waals surface area contributed by atoms with E-state index in [1.807, 2.05) is 0 Å². The van der Waals surface area contributed by atoms with Gasteiger partial charge in [0.1, 0.15) is 0 Å². The van der Waals surface area contributed by atoms with Crippen molar-refractivity contribution < 1.29 is 0 Å². The SMILES string of the molecule is CC1=CC2C(c3ccccc3)N2C1. The Bertz CT molecular complexity index is 353. The summed E-state index contributed by atoms with van der Waals surface area (Å²) >= 11 is 0. The standard InChI is InChI=1S/C12H13N/c1-9-7-11-12(13(11)8-9)10-5-3-2-4-6-10/h2-7,11-12H,8H2,1H3. The van der Waals surface area contributed by atoms with Crippen LogP contribution in [-0.4, -0.2) is 17.5 Å². The van der Waals surface area contributed by atoms with E-state index in [2.05, 4.69) is 48.2 Å². The summed E-state index contributed by atoms with van der Waals surface area (Å²) in [7, 11) is 0. The first kappa shape index (κ1) is 7.34. The Morgan fingerprint density at radius 3 is 2.62 bits per heavy atom. The summed E-state index contributed by atoms with van der Waals surface area (Å²) in [5, 5.41) is 0. The van der Waals surface area contributed by atoms with E-state index in [9.17, 15) is 0 Å². The molecule has 3 rings (SSSR count). The third-order valence-corrected chi connectivity index (χ3v) is 3.00. The van der Waals surface area contributed by atoms with Crippen LogP contribution in [0.5, 0.6) is 0 Å². The average molecular weight is 171 g/mol. The van der Waals surface area contributed by atoms with Gasteiger partial charge < -0.3 is 0 Å². The molecule has 13 heavy (non-hydrogen) atoms. The van der Waals surface area contributed by atoms with E-state index in [1.54, 1.807) is 0 Å². The second-order valence-electron chi connectivity index (χ2n) is 4.03. The first-order valence-corrected chi connectivity index (χ1v) is 4.84. The van der Waals surface area contributed by atoms with E-state index in [1.165, 1.54) is 17.7 Å². The summed E-state index contributed by atoms with van der Waals surface area (Å²) < 4.78 is 0. The van der Waals surface area contributed by atoms with E-state index in [4.69, 9.17) is 0 Å². The molecule has 0 aliphatic carbocycles. The maximum absolute atomic E-state index is 2.53. The van der Waals surface area contributed by atoms with Crippen LogP contribution in [0.2, 0.25) is 0 Å². The van der Waals surface area contributed by atoms with Gasteiger partial charge in [-0.1, -0.05) is 42.0 Å². The van der Waals surface area contributed by atoms with Crippen LogP contribution in [0.1, 0.15) is 18.5 Å². The fourth-order valence-corrected chi connectivity index (χ4v) is 2.36. The molecule has 1 aromatic carbocycles. The molecule has 0 amide bonds. The van der Waals surface area contributed by atoms with Crippen LogP contribution < -0.4 is 0 Å². The summed E-state index contributed by atoms with van der Waals surface area (Å²) in [6.45, 7) is 3.39. The Hall–Kier alpha value is -1.08. The summed E-state index contributed by atoms with van der Waals surface area (Å²) in [4.78, 5) is 2.53. The Morgan fingerprint density at radius 2 is 2.00 bits per heavy atom. The number of hydrogen-bond donors (Lipinski definition) is 0. The molecule has 2 heterocycles. The van der Waals surface area contributed by atoms with Crippen LogP contribution in [0, 0.1) is 0 Å². The Morgan fingerprint density at radius 1 is 1.23 bits per heavy atom. The first-order chi connectivity index (χ1) is 6.36. The highest BCUT2D eigenvalue weighted by atomic mass is 15.4. The van der Waals surface area contributed by atoms with Crippen molar-refractivity contribution in [1.29, 1.82) is 0 Å². The molecule has 66 valence electrons. The topological polar surface area (TPSA) is 3.01 Å². The van der Waals surface area contributed by atoms with Gasteiger partial charge in [0, 0.05) is 12.6 Å². The molecule has 3 unspecified atom stereocenters. The second-order valence-corrected chi connectivity index (χ2v) is 4.03. The number of benzene rings is 1. The quantitative estimate of drug-likeness (QED) is 0.463. The highest BCUT2D eigenvalue weighted by Crippen LogP contribution is 2.48. The molecular formula is C12H13N. The number of rotatable bonds is 1. The molecule has 0 saturated carbocycles. The predicted molar refractivity (Wildman–Crippen MR) is 53.4 cm³/mol. The van der Waals surface area contributed by atoms with Crippen molar-refractivity contribution in [3.63, 3.8) is 0 Å². The first-order valence-electron chi connectivity index (χ1n) is 4.84. The molecule has 1 fully saturated rings. The maximum Gasteiger partial charge on any atom is 0.0549 e. The Balaban J connectivity index is 1.86. The molecule has 2 aliphatic heterocycles. The van der Waals surface area contributed by atoms with Gasteiger partial charge in [-0.25, -0.2) is 0 Å². The summed E-state index contributed by atoms with van der Waals surface area (Å²) in [5.74, 6) is 0. The highest BCUT2D eigenvalue weighted by Gasteiger charge is 2.49. The zero-order valence-electron chi connectivity index (χ0n) is 7.77. The van der Waals surface area contributed by atoms with Gasteiger partial charge in [0.2, 0.25) is 0 Å². The van der Waals surface area contributed by atoms with E-state index in [-0.39, 0.29) is 0 Å². The minimum Gasteiger partial charge on any atom is -0.282 e. The van der Waals surface area contributed by atoms with Crippen molar-refractivity contribution in [1.82, 2.24) is 4.90 Å². The van der Waals surface area contributed by atoms with Crippen LogP contribution >= 0.6 is 0 Å². The molecule has 2 aliphatic rings. The Labute approximate surface area is 78.7 Å². The highest BCUT2D eigenvalue weighted by molar-refractivity contribution is 5.36. The second kappa shape index (κ2) is 2.46. The van der Waals surface area contributed by atoms with Crippen molar-refractivity contribution in [3.8, 4) is 0 Å². The van der Waals surface area contributed by atoms with Gasteiger partial charge >= 0.3 is 0 Å².